The van der Waals surface area contributed by atoms with Crippen molar-refractivity contribution in [2.75, 3.05) is 20.8 Å². The zero-order valence-electron chi connectivity index (χ0n) is 16.7. The van der Waals surface area contributed by atoms with E-state index in [1.165, 1.54) is 0 Å². The fourth-order valence-corrected chi connectivity index (χ4v) is 4.38. The number of carbonyl (C=O) groups is 1. The lowest BCUT2D eigenvalue weighted by molar-refractivity contribution is 0.0694. The van der Waals surface area contributed by atoms with Crippen molar-refractivity contribution in [1.82, 2.24) is 4.90 Å². The first-order valence-corrected chi connectivity index (χ1v) is 10.3. The maximum atomic E-state index is 13.5. The highest BCUT2D eigenvalue weighted by molar-refractivity contribution is 6.31. The molecular weight excluding hydrogens is 421 g/mol. The highest BCUT2D eigenvalue weighted by Crippen LogP contribution is 2.42. The van der Waals surface area contributed by atoms with Crippen LogP contribution in [-0.2, 0) is 6.42 Å². The smallest absolute Gasteiger partial charge is 0.254 e. The Bertz CT molecular complexity index is 1100. The molecule has 0 saturated heterocycles. The Balaban J connectivity index is 1.86. The van der Waals surface area contributed by atoms with Crippen molar-refractivity contribution in [2.45, 2.75) is 12.5 Å². The van der Waals surface area contributed by atoms with Gasteiger partial charge in [0, 0.05) is 22.2 Å². The summed E-state index contributed by atoms with van der Waals surface area (Å²) in [6.45, 7) is 0.561. The molecule has 1 atom stereocenters. The van der Waals surface area contributed by atoms with Crippen LogP contribution in [0.25, 0.3) is 0 Å². The van der Waals surface area contributed by atoms with E-state index >= 15 is 0 Å². The Kier molecular flexibility index (Phi) is 5.89. The Morgan fingerprint density at radius 3 is 2.27 bits per heavy atom. The molecule has 0 radical (unpaired) electrons. The number of ether oxygens (including phenoxy) is 2. The summed E-state index contributed by atoms with van der Waals surface area (Å²) < 4.78 is 11.0. The topological polar surface area (TPSA) is 38.8 Å². The van der Waals surface area contributed by atoms with Crippen molar-refractivity contribution in [3.05, 3.63) is 93.0 Å². The Morgan fingerprint density at radius 1 is 0.933 bits per heavy atom. The van der Waals surface area contributed by atoms with Gasteiger partial charge in [0.2, 0.25) is 0 Å². The van der Waals surface area contributed by atoms with Crippen LogP contribution < -0.4 is 9.47 Å². The Hall–Kier alpha value is -2.69. The predicted octanol–water partition coefficient (Wildman–Crippen LogP) is 5.80. The molecule has 1 heterocycles. The molecule has 1 aliphatic heterocycles. The van der Waals surface area contributed by atoms with Crippen LogP contribution in [0.3, 0.4) is 0 Å². The van der Waals surface area contributed by atoms with E-state index in [0.717, 1.165) is 16.7 Å². The van der Waals surface area contributed by atoms with Gasteiger partial charge in [-0.25, -0.2) is 0 Å². The second-order valence-corrected chi connectivity index (χ2v) is 8.00. The zero-order chi connectivity index (χ0) is 21.3. The molecule has 0 N–H and O–H groups in total. The van der Waals surface area contributed by atoms with Crippen LogP contribution in [-0.4, -0.2) is 31.6 Å². The molecule has 3 aromatic carbocycles. The maximum Gasteiger partial charge on any atom is 0.254 e. The van der Waals surface area contributed by atoms with E-state index in [2.05, 4.69) is 0 Å². The fraction of sp³-hybridized carbons (Fsp3) is 0.208. The van der Waals surface area contributed by atoms with Crippen molar-refractivity contribution in [3.8, 4) is 11.5 Å². The standard InChI is InChI=1S/C24H21Cl2NO3/c1-29-21-13-15-9-10-27(24(28)17-6-4-8-19(26)12-17)23(20(15)14-22(21)30-2)16-5-3-7-18(25)11-16/h3-8,11-14,23H,9-10H2,1-2H3/t23-/m0/s1. The minimum Gasteiger partial charge on any atom is -0.493 e. The number of rotatable bonds is 4. The fourth-order valence-electron chi connectivity index (χ4n) is 3.99. The van der Waals surface area contributed by atoms with Crippen LogP contribution in [0.2, 0.25) is 10.0 Å². The number of hydrogen-bond donors (Lipinski definition) is 0. The van der Waals surface area contributed by atoms with Crippen LogP contribution in [0.4, 0.5) is 0 Å². The summed E-state index contributed by atoms with van der Waals surface area (Å²) in [5.74, 6) is 1.22. The molecule has 0 aliphatic carbocycles. The normalized spacial score (nSPS) is 15.5. The summed E-state index contributed by atoms with van der Waals surface area (Å²) in [7, 11) is 3.23. The van der Waals surface area contributed by atoms with Crippen molar-refractivity contribution in [3.63, 3.8) is 0 Å². The van der Waals surface area contributed by atoms with E-state index in [0.29, 0.717) is 40.1 Å². The minimum absolute atomic E-state index is 0.0806. The molecule has 1 aliphatic rings. The number of methoxy groups -OCH3 is 2. The quantitative estimate of drug-likeness (QED) is 0.513. The van der Waals surface area contributed by atoms with Gasteiger partial charge in [-0.05, 0) is 65.6 Å². The van der Waals surface area contributed by atoms with Gasteiger partial charge in [0.15, 0.2) is 11.5 Å². The summed E-state index contributed by atoms with van der Waals surface area (Å²) in [5.41, 5.74) is 3.61. The van der Waals surface area contributed by atoms with Crippen LogP contribution >= 0.6 is 23.2 Å². The molecule has 4 nitrogen and oxygen atoms in total. The maximum absolute atomic E-state index is 13.5. The van der Waals surface area contributed by atoms with Crippen LogP contribution in [0.1, 0.15) is 33.1 Å². The van der Waals surface area contributed by atoms with Gasteiger partial charge < -0.3 is 14.4 Å². The molecule has 1 amide bonds. The SMILES string of the molecule is COc1cc2c(cc1OC)[C@H](c1cccc(Cl)c1)N(C(=O)c1cccc(Cl)c1)CC2. The van der Waals surface area contributed by atoms with Crippen molar-refractivity contribution in [1.29, 1.82) is 0 Å². The van der Waals surface area contributed by atoms with E-state index in [9.17, 15) is 4.79 Å². The van der Waals surface area contributed by atoms with Gasteiger partial charge in [0.25, 0.3) is 5.91 Å². The summed E-state index contributed by atoms with van der Waals surface area (Å²) in [4.78, 5) is 15.4. The lowest BCUT2D eigenvalue weighted by Crippen LogP contribution is -2.40. The summed E-state index contributed by atoms with van der Waals surface area (Å²) >= 11 is 12.4. The molecule has 6 heteroatoms. The molecule has 3 aromatic rings. The molecule has 0 aromatic heterocycles. The number of nitrogens with zero attached hydrogens (tertiary/aromatic N) is 1. The van der Waals surface area contributed by atoms with Crippen molar-refractivity contribution in [2.24, 2.45) is 0 Å². The number of carbonyl (C=O) groups excluding carboxylic acids is 1. The molecule has 30 heavy (non-hydrogen) atoms. The largest absolute Gasteiger partial charge is 0.493 e. The first-order valence-electron chi connectivity index (χ1n) is 9.58. The lowest BCUT2D eigenvalue weighted by atomic mass is 9.87. The number of halogens is 2. The van der Waals surface area contributed by atoms with Crippen molar-refractivity contribution < 1.29 is 14.3 Å². The van der Waals surface area contributed by atoms with E-state index in [4.69, 9.17) is 32.7 Å². The van der Waals surface area contributed by atoms with Gasteiger partial charge >= 0.3 is 0 Å². The molecule has 0 bridgehead atoms. The van der Waals surface area contributed by atoms with Crippen LogP contribution in [0, 0.1) is 0 Å². The highest BCUT2D eigenvalue weighted by atomic mass is 35.5. The third kappa shape index (κ3) is 3.85. The second kappa shape index (κ2) is 8.58. The van der Waals surface area contributed by atoms with Gasteiger partial charge in [-0.3, -0.25) is 4.79 Å². The number of amides is 1. The number of fused-ring (bicyclic) bond motifs is 1. The van der Waals surface area contributed by atoms with E-state index in [1.807, 2.05) is 41.3 Å². The zero-order valence-corrected chi connectivity index (χ0v) is 18.2. The second-order valence-electron chi connectivity index (χ2n) is 7.12. The van der Waals surface area contributed by atoms with Gasteiger partial charge in [-0.15, -0.1) is 0 Å². The molecular formula is C24H21Cl2NO3. The first-order chi connectivity index (χ1) is 14.5. The number of benzene rings is 3. The number of hydrogen-bond acceptors (Lipinski definition) is 3. The monoisotopic (exact) mass is 441 g/mol. The third-order valence-corrected chi connectivity index (χ3v) is 5.84. The lowest BCUT2D eigenvalue weighted by Gasteiger charge is -2.38. The highest BCUT2D eigenvalue weighted by Gasteiger charge is 2.34. The summed E-state index contributed by atoms with van der Waals surface area (Å²) in [6.07, 6.45) is 0.707. The van der Waals surface area contributed by atoms with Gasteiger partial charge in [0.05, 0.1) is 20.3 Å². The van der Waals surface area contributed by atoms with Gasteiger partial charge in [-0.1, -0.05) is 41.4 Å². The summed E-state index contributed by atoms with van der Waals surface area (Å²) in [5, 5.41) is 1.15. The molecule has 154 valence electrons. The molecule has 0 fully saturated rings. The average Bonchev–Trinajstić information content (AvgIpc) is 2.76. The molecule has 4 rings (SSSR count). The van der Waals surface area contributed by atoms with Gasteiger partial charge in [0.1, 0.15) is 0 Å². The van der Waals surface area contributed by atoms with Crippen LogP contribution in [0.15, 0.2) is 60.7 Å². The third-order valence-electron chi connectivity index (χ3n) is 5.37. The van der Waals surface area contributed by atoms with Crippen LogP contribution in [0.5, 0.6) is 11.5 Å². The van der Waals surface area contributed by atoms with E-state index in [-0.39, 0.29) is 11.9 Å². The summed E-state index contributed by atoms with van der Waals surface area (Å²) in [6, 6.07) is 18.3. The molecule has 0 spiro atoms. The predicted molar refractivity (Wildman–Crippen MR) is 119 cm³/mol. The van der Waals surface area contributed by atoms with E-state index in [1.54, 1.807) is 38.5 Å². The first kappa shape index (κ1) is 20.6. The molecule has 0 saturated carbocycles. The minimum atomic E-state index is -0.307. The Labute approximate surface area is 185 Å². The van der Waals surface area contributed by atoms with Gasteiger partial charge in [-0.2, -0.15) is 0 Å². The van der Waals surface area contributed by atoms with Crippen molar-refractivity contribution >= 4 is 29.1 Å². The average molecular weight is 442 g/mol. The molecule has 0 unspecified atom stereocenters. The Morgan fingerprint density at radius 2 is 1.60 bits per heavy atom. The van der Waals surface area contributed by atoms with E-state index < -0.39 is 0 Å².